The molecule has 4 nitrogen and oxygen atoms in total. The topological polar surface area (TPSA) is 46.4 Å². The summed E-state index contributed by atoms with van der Waals surface area (Å²) in [7, 11) is 0. The maximum Gasteiger partial charge on any atom is 0.273 e. The van der Waals surface area contributed by atoms with Gasteiger partial charge in [0.15, 0.2) is 0 Å². The second kappa shape index (κ2) is 5.11. The summed E-state index contributed by atoms with van der Waals surface area (Å²) >= 11 is 1.81. The van der Waals surface area contributed by atoms with Gasteiger partial charge in [0.05, 0.1) is 4.92 Å². The fourth-order valence-electron chi connectivity index (χ4n) is 2.51. The van der Waals surface area contributed by atoms with Gasteiger partial charge in [0.2, 0.25) is 0 Å². The van der Waals surface area contributed by atoms with E-state index in [1.807, 2.05) is 12.1 Å². The fourth-order valence-corrected chi connectivity index (χ4v) is 3.40. The third kappa shape index (κ3) is 2.52. The van der Waals surface area contributed by atoms with E-state index >= 15 is 0 Å². The highest BCUT2D eigenvalue weighted by molar-refractivity contribution is 7.10. The standard InChI is InChI=1S/C14H14N2O2S/c17-16(18)13-4-2-1-3-11(13)9-15-7-5-14-12(10-15)6-8-19-14/h1-4,6,8H,5,7,9-10H2. The number of rotatable bonds is 3. The maximum absolute atomic E-state index is 11.0. The first kappa shape index (κ1) is 12.3. The third-order valence-electron chi connectivity index (χ3n) is 3.47. The van der Waals surface area contributed by atoms with Gasteiger partial charge in [0, 0.05) is 36.1 Å². The molecule has 1 aliphatic rings. The molecule has 0 saturated carbocycles. The summed E-state index contributed by atoms with van der Waals surface area (Å²) in [6, 6.07) is 9.17. The van der Waals surface area contributed by atoms with Gasteiger partial charge in [-0.1, -0.05) is 18.2 Å². The van der Waals surface area contributed by atoms with Crippen LogP contribution in [-0.4, -0.2) is 16.4 Å². The summed E-state index contributed by atoms with van der Waals surface area (Å²) < 4.78 is 0. The Morgan fingerprint density at radius 3 is 3.00 bits per heavy atom. The van der Waals surface area contributed by atoms with Crippen LogP contribution in [0, 0.1) is 10.1 Å². The summed E-state index contributed by atoms with van der Waals surface area (Å²) in [5, 5.41) is 13.1. The molecule has 0 amide bonds. The Labute approximate surface area is 115 Å². The Morgan fingerprint density at radius 2 is 2.16 bits per heavy atom. The predicted molar refractivity (Wildman–Crippen MR) is 75.2 cm³/mol. The first-order chi connectivity index (χ1) is 9.24. The van der Waals surface area contributed by atoms with Gasteiger partial charge >= 0.3 is 0 Å². The van der Waals surface area contributed by atoms with E-state index in [1.54, 1.807) is 23.5 Å². The van der Waals surface area contributed by atoms with Crippen molar-refractivity contribution in [2.24, 2.45) is 0 Å². The molecule has 0 fully saturated rings. The van der Waals surface area contributed by atoms with E-state index in [0.717, 1.165) is 25.1 Å². The first-order valence-electron chi connectivity index (χ1n) is 6.24. The van der Waals surface area contributed by atoms with Crippen molar-refractivity contribution in [2.45, 2.75) is 19.5 Å². The van der Waals surface area contributed by atoms with Crippen LogP contribution in [0.15, 0.2) is 35.7 Å². The van der Waals surface area contributed by atoms with Crippen molar-refractivity contribution >= 4 is 17.0 Å². The van der Waals surface area contributed by atoms with Gasteiger partial charge in [0.25, 0.3) is 5.69 Å². The summed E-state index contributed by atoms with van der Waals surface area (Å²) in [6.07, 6.45) is 1.05. The number of para-hydroxylation sites is 1. The zero-order valence-corrected chi connectivity index (χ0v) is 11.2. The van der Waals surface area contributed by atoms with Gasteiger partial charge in [-0.15, -0.1) is 11.3 Å². The molecule has 1 aromatic heterocycles. The molecule has 3 rings (SSSR count). The van der Waals surface area contributed by atoms with Crippen LogP contribution in [0.3, 0.4) is 0 Å². The number of nitrogens with zero attached hydrogens (tertiary/aromatic N) is 2. The molecule has 0 saturated heterocycles. The van der Waals surface area contributed by atoms with Crippen molar-refractivity contribution in [3.8, 4) is 0 Å². The summed E-state index contributed by atoms with van der Waals surface area (Å²) in [5.74, 6) is 0. The van der Waals surface area contributed by atoms with Crippen LogP contribution in [0.1, 0.15) is 16.0 Å². The number of benzene rings is 1. The second-order valence-corrected chi connectivity index (χ2v) is 5.72. The number of thiophene rings is 1. The normalized spacial score (nSPS) is 15.2. The lowest BCUT2D eigenvalue weighted by atomic mass is 10.1. The van der Waals surface area contributed by atoms with Crippen LogP contribution in [0.2, 0.25) is 0 Å². The average Bonchev–Trinajstić information content (AvgIpc) is 2.86. The minimum atomic E-state index is -0.296. The first-order valence-corrected chi connectivity index (χ1v) is 7.12. The molecule has 1 aliphatic heterocycles. The third-order valence-corrected chi connectivity index (χ3v) is 4.49. The van der Waals surface area contributed by atoms with Gasteiger partial charge in [-0.05, 0) is 23.4 Å². The summed E-state index contributed by atoms with van der Waals surface area (Å²) in [5.41, 5.74) is 2.39. The van der Waals surface area contributed by atoms with Crippen LogP contribution in [0.4, 0.5) is 5.69 Å². The molecule has 98 valence electrons. The smallest absolute Gasteiger partial charge is 0.273 e. The molecule has 0 bridgehead atoms. The van der Waals surface area contributed by atoms with Crippen LogP contribution >= 0.6 is 11.3 Å². The zero-order chi connectivity index (χ0) is 13.2. The van der Waals surface area contributed by atoms with Crippen molar-refractivity contribution in [2.75, 3.05) is 6.54 Å². The lowest BCUT2D eigenvalue weighted by molar-refractivity contribution is -0.385. The van der Waals surface area contributed by atoms with Crippen LogP contribution < -0.4 is 0 Å². The molecule has 0 spiro atoms. The second-order valence-electron chi connectivity index (χ2n) is 4.72. The Kier molecular flexibility index (Phi) is 3.31. The van der Waals surface area contributed by atoms with Crippen molar-refractivity contribution < 1.29 is 4.92 Å². The predicted octanol–water partition coefficient (Wildman–Crippen LogP) is 3.21. The molecule has 0 unspecified atom stereocenters. The van der Waals surface area contributed by atoms with Crippen molar-refractivity contribution in [3.63, 3.8) is 0 Å². The van der Waals surface area contributed by atoms with E-state index in [1.165, 1.54) is 10.4 Å². The lowest BCUT2D eigenvalue weighted by Crippen LogP contribution is -2.29. The summed E-state index contributed by atoms with van der Waals surface area (Å²) in [6.45, 7) is 2.51. The van der Waals surface area contributed by atoms with E-state index in [4.69, 9.17) is 0 Å². The Bertz CT molecular complexity index is 609. The number of nitro benzene ring substituents is 1. The van der Waals surface area contributed by atoms with Crippen LogP contribution in [0.5, 0.6) is 0 Å². The molecule has 2 heterocycles. The van der Waals surface area contributed by atoms with Gasteiger partial charge in [0.1, 0.15) is 0 Å². The Balaban J connectivity index is 1.78. The van der Waals surface area contributed by atoms with E-state index < -0.39 is 0 Å². The summed E-state index contributed by atoms with van der Waals surface area (Å²) in [4.78, 5) is 14.4. The van der Waals surface area contributed by atoms with Gasteiger partial charge < -0.3 is 0 Å². The average molecular weight is 274 g/mol. The molecule has 2 aromatic rings. The number of nitro groups is 1. The van der Waals surface area contributed by atoms with Crippen molar-refractivity contribution in [1.82, 2.24) is 4.90 Å². The highest BCUT2D eigenvalue weighted by atomic mass is 32.1. The Hall–Kier alpha value is -1.72. The number of hydrogen-bond acceptors (Lipinski definition) is 4. The molecule has 0 N–H and O–H groups in total. The minimum Gasteiger partial charge on any atom is -0.294 e. The molecule has 0 radical (unpaired) electrons. The lowest BCUT2D eigenvalue weighted by Gasteiger charge is -2.26. The molecular weight excluding hydrogens is 260 g/mol. The maximum atomic E-state index is 11.0. The van der Waals surface area contributed by atoms with Gasteiger partial charge in [-0.3, -0.25) is 15.0 Å². The van der Waals surface area contributed by atoms with Crippen LogP contribution in [0.25, 0.3) is 0 Å². The quantitative estimate of drug-likeness (QED) is 0.637. The molecule has 5 heteroatoms. The van der Waals surface area contributed by atoms with Crippen molar-refractivity contribution in [1.29, 1.82) is 0 Å². The van der Waals surface area contributed by atoms with Gasteiger partial charge in [-0.2, -0.15) is 0 Å². The highest BCUT2D eigenvalue weighted by Gasteiger charge is 2.20. The highest BCUT2D eigenvalue weighted by Crippen LogP contribution is 2.26. The van der Waals surface area contributed by atoms with E-state index in [0.29, 0.717) is 6.54 Å². The molecule has 0 aliphatic carbocycles. The molecule has 1 aromatic carbocycles. The molecule has 19 heavy (non-hydrogen) atoms. The largest absolute Gasteiger partial charge is 0.294 e. The Morgan fingerprint density at radius 1 is 1.32 bits per heavy atom. The van der Waals surface area contributed by atoms with Crippen LogP contribution in [-0.2, 0) is 19.5 Å². The SMILES string of the molecule is O=[N+]([O-])c1ccccc1CN1CCc2sccc2C1. The van der Waals surface area contributed by atoms with E-state index in [-0.39, 0.29) is 10.6 Å². The molecule has 0 atom stereocenters. The monoisotopic (exact) mass is 274 g/mol. The minimum absolute atomic E-state index is 0.221. The van der Waals surface area contributed by atoms with Gasteiger partial charge in [-0.25, -0.2) is 0 Å². The van der Waals surface area contributed by atoms with Crippen molar-refractivity contribution in [3.05, 3.63) is 61.8 Å². The fraction of sp³-hybridized carbons (Fsp3) is 0.286. The van der Waals surface area contributed by atoms with E-state index in [9.17, 15) is 10.1 Å². The van der Waals surface area contributed by atoms with E-state index in [2.05, 4.69) is 16.3 Å². The number of hydrogen-bond donors (Lipinski definition) is 0. The molecular formula is C14H14N2O2S. The zero-order valence-electron chi connectivity index (χ0n) is 10.4. The number of fused-ring (bicyclic) bond motifs is 1.